The fourth-order valence-corrected chi connectivity index (χ4v) is 24.1. The standard InChI is InChI=1S/C13H18N2O3S.C12H16N2O3S.C12H18N2O2S.C11H14N2O3S.C10H15N3O2S.C10H14N2O3S.C10H14N2O2S2.C10H14N2O2S/c1-3-5-13(16)10-8-12-11(14-9-10)6-4-7-15(12)19(2,17)18;1-3-12(15)9-7-11-10(13-8-9)5-4-6-14(11)18(2,16)17;1-3-5-10-8-12-11(13-9-10)6-4-7-14(12)17(2,15)16;1-8(14)9-6-11-10(12-7-9)4-3-5-13(11)17(2,15)16;1-11-8-6-10-9(12-7-8)4-3-5-13(10)16(2,14)15;2*1-15-8-6-10-9(11-7-8)4-3-5-12(10)16(2,13)14;1-8-6-10-9(11-7-8)4-3-5-12(10)15(2,13)14/h8-9H,3-7H2,1-2H3;7-8H,3-6H2,1-2H3;8-9H,3-7H2,1-2H3;6-7H,3-5H2,1-2H3;6-7,11H,3-5H2,1-2H3;2*6-7H,3-5H2,1-2H3;6-7H,3-5H2,1-2H3. The number of carbonyl (C=O) groups excluding carboxylic acids is 3. The van der Waals surface area contributed by atoms with Crippen molar-refractivity contribution >= 4 is 160 Å². The first-order valence-electron chi connectivity index (χ1n) is 43.8. The van der Waals surface area contributed by atoms with E-state index in [1.165, 1.54) is 111 Å². The summed E-state index contributed by atoms with van der Waals surface area (Å²) < 4.78 is 203. The number of anilines is 9. The molecule has 734 valence electrons. The van der Waals surface area contributed by atoms with Gasteiger partial charge in [-0.2, -0.15) is 0 Å². The van der Waals surface area contributed by atoms with Gasteiger partial charge in [-0.25, -0.2) is 67.3 Å². The zero-order valence-electron chi connectivity index (χ0n) is 78.7. The second-order valence-electron chi connectivity index (χ2n) is 33.2. The predicted octanol–water partition coefficient (Wildman–Crippen LogP) is 10.2. The molecule has 0 aromatic carbocycles. The molecule has 1 N–H and O–H groups in total. The van der Waals surface area contributed by atoms with Gasteiger partial charge in [0.2, 0.25) is 80.2 Å². The summed E-state index contributed by atoms with van der Waals surface area (Å²) >= 11 is 1.57. The van der Waals surface area contributed by atoms with Gasteiger partial charge < -0.3 is 10.1 Å². The number of thioether (sulfide) groups is 1. The first-order chi connectivity index (χ1) is 62.8. The Bertz CT molecular complexity index is 6360. The van der Waals surface area contributed by atoms with Crippen LogP contribution in [0.15, 0.2) is 103 Å². The number of pyridine rings is 8. The molecule has 8 aromatic heterocycles. The van der Waals surface area contributed by atoms with Crippen molar-refractivity contribution in [2.45, 2.75) is 174 Å². The van der Waals surface area contributed by atoms with Crippen LogP contribution in [0.5, 0.6) is 5.75 Å². The fraction of sp³-hybridized carbons (Fsp3) is 0.511. The second-order valence-corrected chi connectivity index (χ2v) is 49.4. The maximum absolute atomic E-state index is 11.9. The maximum atomic E-state index is 11.9. The summed E-state index contributed by atoms with van der Waals surface area (Å²) in [6.45, 7) is 13.3. The molecule has 16 heterocycles. The third-order valence-electron chi connectivity index (χ3n) is 22.4. The Balaban J connectivity index is 0.000000172. The Morgan fingerprint density at radius 2 is 0.634 bits per heavy atom. The SMILES string of the molecule is CC(=O)c1cnc2c(c1)N(S(C)(=O)=O)CCC2.CCC(=O)c1cnc2c(c1)N(S(C)(=O)=O)CCC2.CCCC(=O)c1cnc2c(c1)N(S(C)(=O)=O)CCC2.CCCc1cnc2c(c1)N(S(C)(=O)=O)CCC2.CNc1cnc2c(c1)N(S(C)(=O)=O)CCC2.COc1cnc2c(c1)N(S(C)(=O)=O)CCC2.CSc1cnc2c(c1)N(S(C)(=O)=O)CCC2.Cc1cnc2c(c1)N(S(C)(=O)=O)CCC2. The molecule has 0 unspecified atom stereocenters. The molecule has 0 saturated heterocycles. The largest absolute Gasteiger partial charge is 0.495 e. The van der Waals surface area contributed by atoms with Gasteiger partial charge >= 0.3 is 0 Å². The third kappa shape index (κ3) is 29.1. The van der Waals surface area contributed by atoms with Crippen molar-refractivity contribution in [3.05, 3.63) is 171 Å². The third-order valence-corrected chi connectivity index (χ3v) is 32.6. The molecule has 0 spiro atoms. The molecule has 8 aliphatic heterocycles. The van der Waals surface area contributed by atoms with Gasteiger partial charge in [-0.3, -0.25) is 88.7 Å². The molecule has 0 bridgehead atoms. The Morgan fingerprint density at radius 1 is 0.351 bits per heavy atom. The smallest absolute Gasteiger partial charge is 0.232 e. The van der Waals surface area contributed by atoms with Crippen LogP contribution in [0.2, 0.25) is 0 Å². The van der Waals surface area contributed by atoms with Crippen molar-refractivity contribution in [2.75, 3.05) is 163 Å². The highest BCUT2D eigenvalue weighted by Gasteiger charge is 2.34. The molecular weight excluding hydrogens is 1900 g/mol. The first kappa shape index (κ1) is 108. The Kier molecular flexibility index (Phi) is 37.3. The molecule has 0 amide bonds. The number of aromatic nitrogens is 8. The Hall–Kier alpha value is -9.84. The van der Waals surface area contributed by atoms with E-state index in [2.05, 4.69) is 52.1 Å². The molecule has 0 atom stereocenters. The summed E-state index contributed by atoms with van der Waals surface area (Å²) in [4.78, 5) is 70.0. The fourth-order valence-electron chi connectivity index (χ4n) is 15.9. The Labute approximate surface area is 795 Å². The number of methoxy groups -OCH3 is 1. The van der Waals surface area contributed by atoms with Crippen LogP contribution in [0.3, 0.4) is 0 Å². The van der Waals surface area contributed by atoms with Crippen molar-refractivity contribution < 1.29 is 86.5 Å². The number of fused-ring (bicyclic) bond motifs is 8. The van der Waals surface area contributed by atoms with Crippen LogP contribution in [0, 0.1) is 6.92 Å². The number of aryl methyl sites for hydroxylation is 10. The zero-order valence-corrected chi connectivity index (χ0v) is 86.1. The van der Waals surface area contributed by atoms with Crippen LogP contribution in [0.4, 0.5) is 51.2 Å². The number of hydrogen-bond acceptors (Lipinski definition) is 30. The average Bonchev–Trinajstić information content (AvgIpc) is 0.770. The molecule has 0 fully saturated rings. The maximum Gasteiger partial charge on any atom is 0.232 e. The normalized spacial score (nSPS) is 15.7. The lowest BCUT2D eigenvalue weighted by molar-refractivity contribution is 0.0975. The van der Waals surface area contributed by atoms with Crippen LogP contribution in [0.1, 0.15) is 192 Å². The van der Waals surface area contributed by atoms with E-state index in [9.17, 15) is 81.7 Å². The van der Waals surface area contributed by atoms with E-state index >= 15 is 0 Å². The minimum atomic E-state index is -3.31. The highest BCUT2D eigenvalue weighted by atomic mass is 32.2. The average molecular weight is 2030 g/mol. The van der Waals surface area contributed by atoms with Crippen molar-refractivity contribution in [1.29, 1.82) is 0 Å². The quantitative estimate of drug-likeness (QED) is 0.0580. The molecule has 0 saturated carbocycles. The molecular formula is C88H123N17O20S9. The summed E-state index contributed by atoms with van der Waals surface area (Å²) in [6, 6.07) is 14.3. The van der Waals surface area contributed by atoms with Gasteiger partial charge in [0.15, 0.2) is 17.3 Å². The van der Waals surface area contributed by atoms with E-state index in [1.807, 2.05) is 50.6 Å². The van der Waals surface area contributed by atoms with Crippen molar-refractivity contribution in [3.63, 3.8) is 0 Å². The van der Waals surface area contributed by atoms with Crippen LogP contribution in [-0.4, -0.2) is 247 Å². The number of nitrogens with zero attached hydrogens (tertiary/aromatic N) is 16. The topological polar surface area (TPSA) is 475 Å². The van der Waals surface area contributed by atoms with E-state index in [4.69, 9.17) is 4.74 Å². The summed E-state index contributed by atoms with van der Waals surface area (Å²) in [6.07, 6.45) is 41.6. The number of nitrogens with one attached hydrogen (secondary N) is 1. The van der Waals surface area contributed by atoms with Crippen molar-refractivity contribution in [3.8, 4) is 5.75 Å². The van der Waals surface area contributed by atoms with Crippen LogP contribution < -0.4 is 44.5 Å². The van der Waals surface area contributed by atoms with Crippen LogP contribution in [0.25, 0.3) is 0 Å². The predicted molar refractivity (Wildman–Crippen MR) is 528 cm³/mol. The van der Waals surface area contributed by atoms with Crippen LogP contribution >= 0.6 is 11.8 Å². The molecule has 8 aromatic rings. The van der Waals surface area contributed by atoms with Crippen LogP contribution in [-0.2, 0) is 138 Å². The highest BCUT2D eigenvalue weighted by molar-refractivity contribution is 7.98. The molecule has 0 aliphatic carbocycles. The lowest BCUT2D eigenvalue weighted by Crippen LogP contribution is -2.35. The molecule has 37 nitrogen and oxygen atoms in total. The highest BCUT2D eigenvalue weighted by Crippen LogP contribution is 2.38. The molecule has 46 heteroatoms. The number of hydrogen-bond donors (Lipinski definition) is 1. The monoisotopic (exact) mass is 2030 g/mol. The van der Waals surface area contributed by atoms with Gasteiger partial charge in [0.05, 0.1) is 166 Å². The van der Waals surface area contributed by atoms with Gasteiger partial charge in [-0.1, -0.05) is 27.2 Å². The number of ketones is 3. The first-order valence-corrected chi connectivity index (χ1v) is 59.9. The number of ether oxygens (including phenoxy) is 1. The molecule has 134 heavy (non-hydrogen) atoms. The second kappa shape index (κ2) is 46.3. The van der Waals surface area contributed by atoms with E-state index in [1.54, 1.807) is 81.0 Å². The van der Waals surface area contributed by atoms with Gasteiger partial charge in [0.1, 0.15) is 5.75 Å². The van der Waals surface area contributed by atoms with Crippen molar-refractivity contribution in [2.24, 2.45) is 0 Å². The summed E-state index contributed by atoms with van der Waals surface area (Å²) in [5.41, 5.74) is 16.3. The lowest BCUT2D eigenvalue weighted by atomic mass is 10.0. The summed E-state index contributed by atoms with van der Waals surface area (Å²) in [5.74, 6) is 0.453. The van der Waals surface area contributed by atoms with E-state index in [-0.39, 0.29) is 17.3 Å². The van der Waals surface area contributed by atoms with Gasteiger partial charge in [-0.05, 0) is 189 Å². The molecule has 8 aliphatic rings. The summed E-state index contributed by atoms with van der Waals surface area (Å²) in [5, 5.41) is 2.97. The molecule has 16 rings (SSSR count). The lowest BCUT2D eigenvalue weighted by Gasteiger charge is -2.28. The van der Waals surface area contributed by atoms with Gasteiger partial charge in [-0.15, -0.1) is 11.8 Å². The van der Waals surface area contributed by atoms with Gasteiger partial charge in [0.25, 0.3) is 0 Å². The van der Waals surface area contributed by atoms with E-state index in [0.29, 0.717) is 116 Å². The zero-order chi connectivity index (χ0) is 98.8. The molecule has 0 radical (unpaired) electrons. The number of Topliss-reactive ketones (excluding diaryl/α,β-unsaturated/α-hetero) is 3. The minimum absolute atomic E-state index is 0.0109. The number of rotatable bonds is 19. The number of carbonyl (C=O) groups is 3. The number of sulfonamides is 8. The Morgan fingerprint density at radius 3 is 0.955 bits per heavy atom. The van der Waals surface area contributed by atoms with E-state index in [0.717, 1.165) is 206 Å². The minimum Gasteiger partial charge on any atom is -0.495 e. The van der Waals surface area contributed by atoms with Gasteiger partial charge in [0, 0.05) is 137 Å². The summed E-state index contributed by atoms with van der Waals surface area (Å²) in [7, 11) is -22.5. The van der Waals surface area contributed by atoms with Crippen molar-refractivity contribution in [1.82, 2.24) is 39.9 Å². The van der Waals surface area contributed by atoms with E-state index < -0.39 is 80.2 Å².